The van der Waals surface area contributed by atoms with E-state index in [0.717, 1.165) is 17.9 Å². The third-order valence-electron chi connectivity index (χ3n) is 2.18. The van der Waals surface area contributed by atoms with Gasteiger partial charge in [-0.05, 0) is 12.7 Å². The third-order valence-corrected chi connectivity index (χ3v) is 2.90. The van der Waals surface area contributed by atoms with Crippen molar-refractivity contribution in [2.24, 2.45) is 5.73 Å². The lowest BCUT2D eigenvalue weighted by molar-refractivity contribution is 0.521. The molecule has 1 aromatic heterocycles. The molecule has 0 amide bonds. The minimum absolute atomic E-state index is 0.538. The molecular formula is C9H17N3S. The maximum absolute atomic E-state index is 5.62. The first-order chi connectivity index (χ1) is 6.33. The van der Waals surface area contributed by atoms with Crippen molar-refractivity contribution in [3.63, 3.8) is 0 Å². The Bertz CT molecular complexity index is 247. The van der Waals surface area contributed by atoms with Crippen molar-refractivity contribution in [1.29, 1.82) is 0 Å². The van der Waals surface area contributed by atoms with E-state index in [0.29, 0.717) is 12.6 Å². The second kappa shape index (κ2) is 5.29. The molecule has 74 valence electrons. The van der Waals surface area contributed by atoms with Gasteiger partial charge in [0, 0.05) is 24.5 Å². The molecule has 0 radical (unpaired) electrons. The first kappa shape index (κ1) is 10.6. The molecule has 1 unspecified atom stereocenters. The van der Waals surface area contributed by atoms with Crippen LogP contribution in [0.25, 0.3) is 0 Å². The van der Waals surface area contributed by atoms with Crippen molar-refractivity contribution >= 4 is 11.8 Å². The summed E-state index contributed by atoms with van der Waals surface area (Å²) in [5.74, 6) is 1.12. The predicted molar refractivity (Wildman–Crippen MR) is 57.8 cm³/mol. The number of nitrogens with zero attached hydrogens (tertiary/aromatic N) is 2. The van der Waals surface area contributed by atoms with E-state index in [9.17, 15) is 0 Å². The van der Waals surface area contributed by atoms with E-state index in [1.165, 1.54) is 0 Å². The van der Waals surface area contributed by atoms with Crippen LogP contribution >= 0.6 is 11.8 Å². The highest BCUT2D eigenvalue weighted by atomic mass is 32.2. The maximum Gasteiger partial charge on any atom is 0.0951 e. The molecule has 0 saturated heterocycles. The maximum atomic E-state index is 5.62. The minimum Gasteiger partial charge on any atom is -0.329 e. The van der Waals surface area contributed by atoms with Crippen LogP contribution in [-0.4, -0.2) is 21.6 Å². The Balaban J connectivity index is 2.77. The summed E-state index contributed by atoms with van der Waals surface area (Å²) in [7, 11) is 0. The van der Waals surface area contributed by atoms with Gasteiger partial charge in [0.15, 0.2) is 0 Å². The molecule has 3 nitrogen and oxygen atoms in total. The Labute approximate surface area is 83.7 Å². The smallest absolute Gasteiger partial charge is 0.0951 e. The molecule has 2 N–H and O–H groups in total. The molecule has 4 heteroatoms. The second-order valence-electron chi connectivity index (χ2n) is 3.01. The average Bonchev–Trinajstić information content (AvgIpc) is 2.61. The van der Waals surface area contributed by atoms with Gasteiger partial charge in [0.25, 0.3) is 0 Å². The van der Waals surface area contributed by atoms with Crippen LogP contribution in [0.2, 0.25) is 0 Å². The van der Waals surface area contributed by atoms with Crippen molar-refractivity contribution in [2.75, 3.05) is 12.0 Å². The van der Waals surface area contributed by atoms with Gasteiger partial charge in [0.2, 0.25) is 0 Å². The highest BCUT2D eigenvalue weighted by molar-refractivity contribution is 7.98. The molecule has 1 atom stereocenters. The van der Waals surface area contributed by atoms with E-state index in [2.05, 4.69) is 22.7 Å². The van der Waals surface area contributed by atoms with Gasteiger partial charge in [-0.3, -0.25) is 0 Å². The van der Waals surface area contributed by atoms with Crippen LogP contribution < -0.4 is 5.73 Å². The Hall–Kier alpha value is -0.480. The Morgan fingerprint density at radius 2 is 2.46 bits per heavy atom. The molecule has 0 spiro atoms. The monoisotopic (exact) mass is 199 g/mol. The van der Waals surface area contributed by atoms with Crippen LogP contribution in [-0.2, 0) is 6.54 Å². The van der Waals surface area contributed by atoms with Crippen LogP contribution in [0.3, 0.4) is 0 Å². The first-order valence-corrected chi connectivity index (χ1v) is 5.92. The quantitative estimate of drug-likeness (QED) is 0.784. The Kier molecular flexibility index (Phi) is 4.32. The largest absolute Gasteiger partial charge is 0.329 e. The molecule has 0 aliphatic carbocycles. The number of thioether (sulfide) groups is 1. The molecule has 0 bridgehead atoms. The summed E-state index contributed by atoms with van der Waals surface area (Å²) in [4.78, 5) is 4.12. The summed E-state index contributed by atoms with van der Waals surface area (Å²) in [5, 5.41) is 0. The second-order valence-corrected chi connectivity index (χ2v) is 3.92. The minimum atomic E-state index is 0.538. The molecule has 0 saturated carbocycles. The summed E-state index contributed by atoms with van der Waals surface area (Å²) < 4.78 is 2.19. The number of hydrogen-bond donors (Lipinski definition) is 1. The lowest BCUT2D eigenvalue weighted by Gasteiger charge is -2.17. The van der Waals surface area contributed by atoms with Crippen molar-refractivity contribution in [1.82, 2.24) is 9.55 Å². The highest BCUT2D eigenvalue weighted by Crippen LogP contribution is 2.17. The lowest BCUT2D eigenvalue weighted by Crippen LogP contribution is -2.14. The zero-order valence-electron chi connectivity index (χ0n) is 8.23. The molecular weight excluding hydrogens is 182 g/mol. The van der Waals surface area contributed by atoms with Gasteiger partial charge in [-0.1, -0.05) is 6.92 Å². The van der Waals surface area contributed by atoms with Gasteiger partial charge in [-0.25, -0.2) is 4.98 Å². The third kappa shape index (κ3) is 2.48. The molecule has 0 fully saturated rings. The standard InChI is InChI=1S/C9H17N3S/c1-3-8(6-13-2)12-7-11-5-9(12)4-10/h5,7-8H,3-4,6,10H2,1-2H3. The van der Waals surface area contributed by atoms with Crippen molar-refractivity contribution < 1.29 is 0 Å². The average molecular weight is 199 g/mol. The number of rotatable bonds is 5. The van der Waals surface area contributed by atoms with Crippen LogP contribution in [0.5, 0.6) is 0 Å². The lowest BCUT2D eigenvalue weighted by atomic mass is 10.2. The zero-order chi connectivity index (χ0) is 9.68. The SMILES string of the molecule is CCC(CSC)n1cncc1CN. The van der Waals surface area contributed by atoms with Crippen LogP contribution in [0.1, 0.15) is 25.1 Å². The summed E-state index contributed by atoms with van der Waals surface area (Å²) in [5.41, 5.74) is 6.74. The van der Waals surface area contributed by atoms with Crippen LogP contribution in [0.15, 0.2) is 12.5 Å². The molecule has 0 aliphatic rings. The van der Waals surface area contributed by atoms with E-state index < -0.39 is 0 Å². The molecule has 1 heterocycles. The number of aromatic nitrogens is 2. The molecule has 13 heavy (non-hydrogen) atoms. The summed E-state index contributed by atoms with van der Waals surface area (Å²) in [6, 6.07) is 0.538. The van der Waals surface area contributed by atoms with Crippen LogP contribution in [0, 0.1) is 0 Å². The zero-order valence-corrected chi connectivity index (χ0v) is 9.05. The van der Waals surface area contributed by atoms with E-state index >= 15 is 0 Å². The fourth-order valence-electron chi connectivity index (χ4n) is 1.41. The van der Waals surface area contributed by atoms with E-state index in [-0.39, 0.29) is 0 Å². The summed E-state index contributed by atoms with van der Waals surface area (Å²) in [6.07, 6.45) is 6.99. The Morgan fingerprint density at radius 3 is 3.00 bits per heavy atom. The Morgan fingerprint density at radius 1 is 1.69 bits per heavy atom. The topological polar surface area (TPSA) is 43.8 Å². The van der Waals surface area contributed by atoms with E-state index in [4.69, 9.17) is 5.73 Å². The molecule has 0 aromatic carbocycles. The molecule has 0 aliphatic heterocycles. The van der Waals surface area contributed by atoms with Gasteiger partial charge in [-0.15, -0.1) is 0 Å². The van der Waals surface area contributed by atoms with Crippen molar-refractivity contribution in [3.05, 3.63) is 18.2 Å². The first-order valence-electron chi connectivity index (χ1n) is 4.53. The fourth-order valence-corrected chi connectivity index (χ4v) is 2.19. The molecule has 1 aromatic rings. The number of nitrogens with two attached hydrogens (primary N) is 1. The van der Waals surface area contributed by atoms with Gasteiger partial charge in [-0.2, -0.15) is 11.8 Å². The normalized spacial score (nSPS) is 13.2. The number of hydrogen-bond acceptors (Lipinski definition) is 3. The van der Waals surface area contributed by atoms with E-state index in [1.807, 2.05) is 24.3 Å². The van der Waals surface area contributed by atoms with E-state index in [1.54, 1.807) is 0 Å². The highest BCUT2D eigenvalue weighted by Gasteiger charge is 2.10. The van der Waals surface area contributed by atoms with Crippen LogP contribution in [0.4, 0.5) is 0 Å². The number of imidazole rings is 1. The summed E-state index contributed by atoms with van der Waals surface area (Å²) in [6.45, 7) is 2.77. The van der Waals surface area contributed by atoms with Gasteiger partial charge >= 0.3 is 0 Å². The fraction of sp³-hybridized carbons (Fsp3) is 0.667. The molecule has 1 rings (SSSR count). The van der Waals surface area contributed by atoms with Crippen molar-refractivity contribution in [2.45, 2.75) is 25.9 Å². The van der Waals surface area contributed by atoms with Gasteiger partial charge in [0.05, 0.1) is 12.0 Å². The predicted octanol–water partition coefficient (Wildman–Crippen LogP) is 1.66. The van der Waals surface area contributed by atoms with Gasteiger partial charge in [0.1, 0.15) is 0 Å². The summed E-state index contributed by atoms with van der Waals surface area (Å²) >= 11 is 1.86. The van der Waals surface area contributed by atoms with Crippen molar-refractivity contribution in [3.8, 4) is 0 Å². The van der Waals surface area contributed by atoms with Gasteiger partial charge < -0.3 is 10.3 Å².